The maximum absolute atomic E-state index is 9.97. The van der Waals surface area contributed by atoms with E-state index in [1.807, 2.05) is 19.1 Å². The highest BCUT2D eigenvalue weighted by Crippen LogP contribution is 2.23. The lowest BCUT2D eigenvalue weighted by Crippen LogP contribution is -2.45. The van der Waals surface area contributed by atoms with Crippen LogP contribution in [0.1, 0.15) is 44.6 Å². The van der Waals surface area contributed by atoms with Gasteiger partial charge in [0.15, 0.2) is 0 Å². The van der Waals surface area contributed by atoms with E-state index in [4.69, 9.17) is 9.47 Å². The summed E-state index contributed by atoms with van der Waals surface area (Å²) in [6.45, 7) is 5.41. The van der Waals surface area contributed by atoms with Gasteiger partial charge >= 0.3 is 0 Å². The molecule has 0 aromatic heterocycles. The van der Waals surface area contributed by atoms with E-state index in [9.17, 15) is 5.11 Å². The summed E-state index contributed by atoms with van der Waals surface area (Å²) in [6, 6.07) is 8.66. The van der Waals surface area contributed by atoms with Crippen LogP contribution in [0.25, 0.3) is 0 Å². The molecule has 23 heavy (non-hydrogen) atoms. The van der Waals surface area contributed by atoms with Crippen molar-refractivity contribution < 1.29 is 14.6 Å². The zero-order chi connectivity index (χ0) is 16.1. The fourth-order valence-corrected chi connectivity index (χ4v) is 3.65. The van der Waals surface area contributed by atoms with E-state index in [1.165, 1.54) is 18.4 Å². The van der Waals surface area contributed by atoms with E-state index in [2.05, 4.69) is 17.0 Å². The largest absolute Gasteiger partial charge is 0.491 e. The van der Waals surface area contributed by atoms with Crippen molar-refractivity contribution in [2.45, 2.75) is 63.8 Å². The molecule has 1 aromatic rings. The monoisotopic (exact) mass is 319 g/mol. The van der Waals surface area contributed by atoms with Crippen molar-refractivity contribution in [3.05, 3.63) is 29.8 Å². The molecule has 0 aliphatic carbocycles. The minimum atomic E-state index is -0.260. The molecular formula is C19H29NO3. The van der Waals surface area contributed by atoms with Gasteiger partial charge in [0.05, 0.1) is 12.2 Å². The van der Waals surface area contributed by atoms with Gasteiger partial charge in [-0.05, 0) is 56.8 Å². The second kappa shape index (κ2) is 8.13. The van der Waals surface area contributed by atoms with Crippen molar-refractivity contribution in [2.24, 2.45) is 0 Å². The predicted molar refractivity (Wildman–Crippen MR) is 90.6 cm³/mol. The van der Waals surface area contributed by atoms with Crippen LogP contribution in [-0.2, 0) is 11.3 Å². The van der Waals surface area contributed by atoms with Crippen LogP contribution in [-0.4, -0.2) is 48.0 Å². The molecule has 2 aliphatic heterocycles. The van der Waals surface area contributed by atoms with Gasteiger partial charge < -0.3 is 14.6 Å². The summed E-state index contributed by atoms with van der Waals surface area (Å²) in [4.78, 5) is 2.41. The van der Waals surface area contributed by atoms with Crippen LogP contribution in [0.3, 0.4) is 0 Å². The maximum atomic E-state index is 9.97. The minimum Gasteiger partial charge on any atom is -0.491 e. The second-order valence-corrected chi connectivity index (χ2v) is 6.86. The second-order valence-electron chi connectivity index (χ2n) is 6.86. The summed E-state index contributed by atoms with van der Waals surface area (Å²) in [7, 11) is 0. The zero-order valence-corrected chi connectivity index (χ0v) is 14.1. The Morgan fingerprint density at radius 3 is 2.74 bits per heavy atom. The van der Waals surface area contributed by atoms with Gasteiger partial charge in [0.1, 0.15) is 12.4 Å². The first kappa shape index (κ1) is 16.7. The summed E-state index contributed by atoms with van der Waals surface area (Å²) in [5, 5.41) is 9.97. The fraction of sp³-hybridized carbons (Fsp3) is 0.684. The van der Waals surface area contributed by atoms with Crippen molar-refractivity contribution in [3.8, 4) is 5.75 Å². The van der Waals surface area contributed by atoms with Gasteiger partial charge in [-0.2, -0.15) is 0 Å². The van der Waals surface area contributed by atoms with E-state index in [1.54, 1.807) is 0 Å². The van der Waals surface area contributed by atoms with E-state index < -0.39 is 0 Å². The maximum Gasteiger partial charge on any atom is 0.119 e. The molecule has 1 aromatic carbocycles. The zero-order valence-electron chi connectivity index (χ0n) is 14.1. The van der Waals surface area contributed by atoms with Crippen LogP contribution in [0.2, 0.25) is 0 Å². The van der Waals surface area contributed by atoms with Gasteiger partial charge in [-0.1, -0.05) is 18.6 Å². The van der Waals surface area contributed by atoms with Crippen molar-refractivity contribution in [1.29, 1.82) is 0 Å². The van der Waals surface area contributed by atoms with Gasteiger partial charge in [-0.15, -0.1) is 0 Å². The Morgan fingerprint density at radius 1 is 1.22 bits per heavy atom. The lowest BCUT2D eigenvalue weighted by atomic mass is 9.97. The van der Waals surface area contributed by atoms with Gasteiger partial charge in [0, 0.05) is 19.2 Å². The molecule has 2 aliphatic rings. The molecular weight excluding hydrogens is 290 g/mol. The molecule has 128 valence electrons. The highest BCUT2D eigenvalue weighted by molar-refractivity contribution is 5.27. The lowest BCUT2D eigenvalue weighted by Gasteiger charge is -2.37. The molecule has 0 radical (unpaired) electrons. The van der Waals surface area contributed by atoms with Crippen LogP contribution in [0.15, 0.2) is 24.3 Å². The Kier molecular flexibility index (Phi) is 5.92. The summed E-state index contributed by atoms with van der Waals surface area (Å²) < 4.78 is 11.4. The molecule has 4 nitrogen and oxygen atoms in total. The van der Waals surface area contributed by atoms with Crippen LogP contribution in [0.5, 0.6) is 5.75 Å². The average Bonchev–Trinajstić information content (AvgIpc) is 3.08. The number of hydrogen-bond donors (Lipinski definition) is 1. The molecule has 0 saturated carbocycles. The summed E-state index contributed by atoms with van der Waals surface area (Å²) in [6.07, 6.45) is 5.80. The van der Waals surface area contributed by atoms with E-state index in [-0.39, 0.29) is 12.2 Å². The highest BCUT2D eigenvalue weighted by atomic mass is 16.5. The number of rotatable bonds is 6. The van der Waals surface area contributed by atoms with Crippen molar-refractivity contribution in [1.82, 2.24) is 4.90 Å². The Labute approximate surface area is 139 Å². The molecule has 3 unspecified atom stereocenters. The van der Waals surface area contributed by atoms with Gasteiger partial charge in [-0.3, -0.25) is 4.90 Å². The molecule has 0 bridgehead atoms. The third-order valence-electron chi connectivity index (χ3n) is 4.99. The number of aliphatic hydroxyl groups is 1. The number of nitrogens with zero attached hydrogens (tertiary/aromatic N) is 1. The predicted octanol–water partition coefficient (Wildman–Crippen LogP) is 2.98. The van der Waals surface area contributed by atoms with Crippen LogP contribution >= 0.6 is 0 Å². The van der Waals surface area contributed by atoms with Crippen molar-refractivity contribution >= 4 is 0 Å². The smallest absolute Gasteiger partial charge is 0.119 e. The first-order valence-electron chi connectivity index (χ1n) is 8.98. The molecule has 1 N–H and O–H groups in total. The summed E-state index contributed by atoms with van der Waals surface area (Å²) in [5.41, 5.74) is 1.28. The van der Waals surface area contributed by atoms with Gasteiger partial charge in [-0.25, -0.2) is 0 Å². The fourth-order valence-electron chi connectivity index (χ4n) is 3.65. The molecule has 2 saturated heterocycles. The molecule has 2 heterocycles. The number of likely N-dealkylation sites (tertiary alicyclic amines) is 1. The van der Waals surface area contributed by atoms with Crippen LogP contribution in [0, 0.1) is 0 Å². The number of ether oxygens (including phenoxy) is 2. The average molecular weight is 319 g/mol. The number of piperidine rings is 1. The van der Waals surface area contributed by atoms with Gasteiger partial charge in [0.25, 0.3) is 0 Å². The van der Waals surface area contributed by atoms with Crippen molar-refractivity contribution in [2.75, 3.05) is 19.8 Å². The third kappa shape index (κ3) is 4.69. The Balaban J connectivity index is 1.52. The SMILES string of the molecule is CC(O)C1CCCCN1Cc1ccc(OCC2CCCO2)cc1. The van der Waals surface area contributed by atoms with E-state index in [0.717, 1.165) is 44.7 Å². The van der Waals surface area contributed by atoms with Gasteiger partial charge in [0.2, 0.25) is 0 Å². The summed E-state index contributed by atoms with van der Waals surface area (Å²) in [5.74, 6) is 0.912. The Morgan fingerprint density at radius 2 is 2.04 bits per heavy atom. The Hall–Kier alpha value is -1.10. The normalized spacial score (nSPS) is 27.0. The number of benzene rings is 1. The molecule has 4 heteroatoms. The van der Waals surface area contributed by atoms with E-state index >= 15 is 0 Å². The Bertz CT molecular complexity index is 468. The first-order valence-corrected chi connectivity index (χ1v) is 8.98. The molecule has 0 spiro atoms. The highest BCUT2D eigenvalue weighted by Gasteiger charge is 2.26. The molecule has 3 rings (SSSR count). The number of hydrogen-bond acceptors (Lipinski definition) is 4. The lowest BCUT2D eigenvalue weighted by molar-refractivity contribution is 0.0316. The molecule has 2 fully saturated rings. The number of aliphatic hydroxyl groups excluding tert-OH is 1. The standard InChI is InChI=1S/C19H29NO3/c1-15(21)19-6-2-3-11-20(19)13-16-7-9-17(10-8-16)23-14-18-5-4-12-22-18/h7-10,15,18-19,21H,2-6,11-14H2,1H3. The summed E-state index contributed by atoms with van der Waals surface area (Å²) >= 11 is 0. The minimum absolute atomic E-state index is 0.259. The quantitative estimate of drug-likeness (QED) is 0.875. The van der Waals surface area contributed by atoms with E-state index in [0.29, 0.717) is 12.6 Å². The third-order valence-corrected chi connectivity index (χ3v) is 4.99. The van der Waals surface area contributed by atoms with Crippen LogP contribution in [0.4, 0.5) is 0 Å². The van der Waals surface area contributed by atoms with Crippen molar-refractivity contribution in [3.63, 3.8) is 0 Å². The topological polar surface area (TPSA) is 41.9 Å². The first-order chi connectivity index (χ1) is 11.2. The molecule has 0 amide bonds. The molecule has 3 atom stereocenters. The van der Waals surface area contributed by atoms with Crippen LogP contribution < -0.4 is 4.74 Å².